The van der Waals surface area contributed by atoms with Gasteiger partial charge in [0.1, 0.15) is 41.6 Å². The van der Waals surface area contributed by atoms with E-state index in [1.165, 1.54) is 19.0 Å². The van der Waals surface area contributed by atoms with Gasteiger partial charge >= 0.3 is 12.2 Å². The molecule has 10 heterocycles. The third-order valence-corrected chi connectivity index (χ3v) is 11.3. The number of aryl methyl sites for hydroxylation is 2. The maximum atomic E-state index is 12.7. The van der Waals surface area contributed by atoms with Gasteiger partial charge in [0.15, 0.2) is 0 Å². The van der Waals surface area contributed by atoms with Gasteiger partial charge in [-0.15, -0.1) is 0 Å². The smallest absolute Gasteiger partial charge is 0.410 e. The Morgan fingerprint density at radius 1 is 0.690 bits per heavy atom. The first kappa shape index (κ1) is 37.1. The number of nitrogens with zero attached hydrogens (tertiary/aromatic N) is 13. The summed E-state index contributed by atoms with van der Waals surface area (Å²) in [7, 11) is 1.59. The molecule has 4 saturated heterocycles. The largest absolute Gasteiger partial charge is 0.481 e. The second-order valence-electron chi connectivity index (χ2n) is 15.4. The standard InChI is InChI=1S/C20H21N7O2.C20H24N6O3/c1-13-23-18-12-27(11-17(18)19(24-13)25-3-2-4-25)20(28)29-16-9-26(10-16)15-5-14(6-21)7-22-8-15;1-13-22-17-12-26(11-16(17)19(23-13)24-6-3-7-24)20(27)29-15-9-25(10-15)14-4-5-18(28-2)21-8-14/h5,7-8,16H,2-4,9-12H2,1H3;4-5,8,15H,3,6-7,9-12H2,1-2H3. The molecule has 2 amide bonds. The molecule has 6 aliphatic rings. The molecule has 0 atom stereocenters. The molecular weight excluding hydrogens is 743 g/mol. The van der Waals surface area contributed by atoms with Crippen LogP contribution in [0, 0.1) is 25.2 Å². The Morgan fingerprint density at radius 3 is 1.67 bits per heavy atom. The summed E-state index contributed by atoms with van der Waals surface area (Å²) in [6.45, 7) is 12.3. The topological polar surface area (TPSA) is 182 Å². The molecule has 18 nitrogen and oxygen atoms in total. The molecule has 0 saturated carbocycles. The average molecular weight is 788 g/mol. The van der Waals surface area contributed by atoms with E-state index in [2.05, 4.69) is 50.7 Å². The lowest BCUT2D eigenvalue weighted by Gasteiger charge is -2.40. The summed E-state index contributed by atoms with van der Waals surface area (Å²) in [4.78, 5) is 64.1. The van der Waals surface area contributed by atoms with E-state index >= 15 is 0 Å². The Kier molecular flexibility index (Phi) is 9.87. The van der Waals surface area contributed by atoms with Crippen molar-refractivity contribution in [3.05, 3.63) is 76.5 Å². The Hall–Kier alpha value is -6.51. The minimum Gasteiger partial charge on any atom is -0.481 e. The number of ether oxygens (including phenoxy) is 3. The molecule has 10 rings (SSSR count). The van der Waals surface area contributed by atoms with Crippen LogP contribution in [0.1, 0.15) is 52.6 Å². The number of hydrogen-bond acceptors (Lipinski definition) is 16. The summed E-state index contributed by atoms with van der Waals surface area (Å²) >= 11 is 0. The number of amides is 2. The number of carbonyl (C=O) groups is 2. The molecular formula is C40H45N13O5. The number of aromatic nitrogens is 6. The zero-order valence-corrected chi connectivity index (χ0v) is 32.9. The van der Waals surface area contributed by atoms with E-state index in [0.717, 1.165) is 83.4 Å². The van der Waals surface area contributed by atoms with E-state index in [1.807, 2.05) is 30.9 Å². The van der Waals surface area contributed by atoms with Crippen LogP contribution in [-0.2, 0) is 35.7 Å². The lowest BCUT2D eigenvalue weighted by atomic mass is 10.1. The molecule has 0 bridgehead atoms. The second-order valence-corrected chi connectivity index (χ2v) is 15.4. The van der Waals surface area contributed by atoms with Crippen LogP contribution in [0.25, 0.3) is 0 Å². The van der Waals surface area contributed by atoms with Gasteiger partial charge in [-0.05, 0) is 38.8 Å². The van der Waals surface area contributed by atoms with Gasteiger partial charge in [0.2, 0.25) is 5.88 Å². The summed E-state index contributed by atoms with van der Waals surface area (Å²) in [6.07, 6.45) is 6.50. The van der Waals surface area contributed by atoms with Crippen LogP contribution < -0.4 is 24.3 Å². The molecule has 4 fully saturated rings. The maximum absolute atomic E-state index is 12.7. The monoisotopic (exact) mass is 787 g/mol. The number of pyridine rings is 2. The number of methoxy groups -OCH3 is 1. The predicted octanol–water partition coefficient (Wildman–Crippen LogP) is 3.34. The molecule has 18 heteroatoms. The lowest BCUT2D eigenvalue weighted by molar-refractivity contribution is 0.0484. The SMILES string of the molecule is COc1ccc(N2CC(OC(=O)N3Cc4nc(C)nc(N5CCC5)c4C3)C2)cn1.Cc1nc2c(c(N3CCC3)n1)CN(C(=O)OC1CN(c3cncc(C#N)c3)C1)C2. The Morgan fingerprint density at radius 2 is 1.22 bits per heavy atom. The van der Waals surface area contributed by atoms with Gasteiger partial charge in [-0.3, -0.25) is 14.8 Å². The van der Waals surface area contributed by atoms with Crippen molar-refractivity contribution in [1.29, 1.82) is 5.26 Å². The van der Waals surface area contributed by atoms with E-state index in [1.54, 1.807) is 35.4 Å². The first-order valence-electron chi connectivity index (χ1n) is 19.7. The van der Waals surface area contributed by atoms with Gasteiger partial charge in [0.05, 0.1) is 100 Å². The first-order valence-corrected chi connectivity index (χ1v) is 19.7. The Bertz CT molecular complexity index is 2250. The van der Waals surface area contributed by atoms with Crippen LogP contribution in [0.3, 0.4) is 0 Å². The fourth-order valence-corrected chi connectivity index (χ4v) is 7.78. The fourth-order valence-electron chi connectivity index (χ4n) is 7.78. The van der Waals surface area contributed by atoms with Gasteiger partial charge in [-0.25, -0.2) is 34.5 Å². The summed E-state index contributed by atoms with van der Waals surface area (Å²) in [6, 6.07) is 7.67. The van der Waals surface area contributed by atoms with Crippen molar-refractivity contribution >= 4 is 35.2 Å². The third-order valence-electron chi connectivity index (χ3n) is 11.3. The summed E-state index contributed by atoms with van der Waals surface area (Å²) in [5.74, 6) is 4.03. The number of anilines is 4. The molecule has 0 radical (unpaired) electrons. The van der Waals surface area contributed by atoms with Crippen LogP contribution in [0.15, 0.2) is 36.8 Å². The molecule has 4 aromatic rings. The average Bonchev–Trinajstić information content (AvgIpc) is 3.78. The highest BCUT2D eigenvalue weighted by Gasteiger charge is 2.38. The highest BCUT2D eigenvalue weighted by atomic mass is 16.6. The maximum Gasteiger partial charge on any atom is 0.410 e. The van der Waals surface area contributed by atoms with Gasteiger partial charge in [-0.1, -0.05) is 0 Å². The van der Waals surface area contributed by atoms with Crippen LogP contribution >= 0.6 is 0 Å². The van der Waals surface area contributed by atoms with Crippen molar-refractivity contribution in [1.82, 2.24) is 39.7 Å². The van der Waals surface area contributed by atoms with E-state index in [4.69, 9.17) is 19.5 Å². The van der Waals surface area contributed by atoms with E-state index < -0.39 is 0 Å². The summed E-state index contributed by atoms with van der Waals surface area (Å²) in [5.41, 5.74) is 6.36. The number of carbonyl (C=O) groups excluding carboxylic acids is 2. The molecule has 0 aromatic carbocycles. The summed E-state index contributed by atoms with van der Waals surface area (Å²) in [5, 5.41) is 9.00. The van der Waals surface area contributed by atoms with Crippen molar-refractivity contribution in [3.63, 3.8) is 0 Å². The molecule has 6 aliphatic heterocycles. The normalized spacial score (nSPS) is 18.1. The molecule has 0 N–H and O–H groups in total. The second kappa shape index (κ2) is 15.4. The molecule has 0 aliphatic carbocycles. The van der Waals surface area contributed by atoms with E-state index in [0.29, 0.717) is 63.8 Å². The van der Waals surface area contributed by atoms with Gasteiger partial charge in [0, 0.05) is 49.6 Å². The molecule has 0 unspecified atom stereocenters. The highest BCUT2D eigenvalue weighted by Crippen LogP contribution is 2.34. The number of rotatable bonds is 7. The van der Waals surface area contributed by atoms with Gasteiger partial charge < -0.3 is 33.8 Å². The minimum atomic E-state index is -0.316. The zero-order chi connectivity index (χ0) is 39.9. The molecule has 300 valence electrons. The predicted molar refractivity (Wildman–Crippen MR) is 210 cm³/mol. The van der Waals surface area contributed by atoms with Crippen LogP contribution in [-0.4, -0.2) is 124 Å². The Balaban J connectivity index is 0.000000150. The summed E-state index contributed by atoms with van der Waals surface area (Å²) < 4.78 is 16.5. The van der Waals surface area contributed by atoms with E-state index in [-0.39, 0.29) is 24.4 Å². The van der Waals surface area contributed by atoms with Crippen molar-refractivity contribution in [2.45, 2.75) is 65.1 Å². The molecule has 0 spiro atoms. The zero-order valence-electron chi connectivity index (χ0n) is 32.9. The molecule has 58 heavy (non-hydrogen) atoms. The lowest BCUT2D eigenvalue weighted by Crippen LogP contribution is -2.54. The van der Waals surface area contributed by atoms with Crippen molar-refractivity contribution in [2.24, 2.45) is 0 Å². The van der Waals surface area contributed by atoms with Crippen molar-refractivity contribution in [2.75, 3.05) is 79.1 Å². The van der Waals surface area contributed by atoms with Crippen LogP contribution in [0.4, 0.5) is 32.6 Å². The first-order chi connectivity index (χ1) is 28.2. The van der Waals surface area contributed by atoms with E-state index in [9.17, 15) is 9.59 Å². The Labute approximate surface area is 336 Å². The van der Waals surface area contributed by atoms with Gasteiger partial charge in [-0.2, -0.15) is 5.26 Å². The number of fused-ring (bicyclic) bond motifs is 2. The fraction of sp³-hybridized carbons (Fsp3) is 0.475. The van der Waals surface area contributed by atoms with Crippen molar-refractivity contribution < 1.29 is 23.8 Å². The van der Waals surface area contributed by atoms with Crippen LogP contribution in [0.5, 0.6) is 5.88 Å². The van der Waals surface area contributed by atoms with Crippen molar-refractivity contribution in [3.8, 4) is 11.9 Å². The minimum absolute atomic E-state index is 0.115. The third kappa shape index (κ3) is 7.39. The van der Waals surface area contributed by atoms with Crippen LogP contribution in [0.2, 0.25) is 0 Å². The quantitative estimate of drug-likeness (QED) is 0.266. The van der Waals surface area contributed by atoms with Gasteiger partial charge in [0.25, 0.3) is 0 Å². The highest BCUT2D eigenvalue weighted by molar-refractivity contribution is 5.71. The number of nitriles is 1. The molecule has 4 aromatic heterocycles. The number of hydrogen-bond donors (Lipinski definition) is 0.